The summed E-state index contributed by atoms with van der Waals surface area (Å²) in [5.74, 6) is -0.267. The molecule has 0 bridgehead atoms. The Morgan fingerprint density at radius 3 is 2.12 bits per heavy atom. The molecule has 5 heteroatoms. The molecule has 0 aliphatic carbocycles. The van der Waals surface area contributed by atoms with E-state index >= 15 is 0 Å². The normalized spacial score (nSPS) is 11.6. The van der Waals surface area contributed by atoms with Crippen molar-refractivity contribution in [2.75, 3.05) is 6.54 Å². The zero-order valence-corrected chi connectivity index (χ0v) is 19.8. The summed E-state index contributed by atoms with van der Waals surface area (Å²) >= 11 is 6.01. The third kappa shape index (κ3) is 7.47. The largest absolute Gasteiger partial charge is 0.354 e. The average Bonchev–Trinajstić information content (AvgIpc) is 2.84. The quantitative estimate of drug-likeness (QED) is 0.357. The number of carbonyl (C=O) groups excluding carboxylic acids is 2. The molecule has 1 atom stereocenters. The van der Waals surface area contributed by atoms with Crippen LogP contribution in [0.3, 0.4) is 0 Å². The van der Waals surface area contributed by atoms with E-state index in [1.54, 1.807) is 17.0 Å². The van der Waals surface area contributed by atoms with E-state index in [-0.39, 0.29) is 18.2 Å². The number of hydrogen-bond donors (Lipinski definition) is 1. The summed E-state index contributed by atoms with van der Waals surface area (Å²) in [5, 5.41) is 3.68. The highest BCUT2D eigenvalue weighted by molar-refractivity contribution is 6.30. The number of hydrogen-bond acceptors (Lipinski definition) is 2. The van der Waals surface area contributed by atoms with Gasteiger partial charge in [-0.25, -0.2) is 0 Å². The fourth-order valence-corrected chi connectivity index (χ4v) is 3.90. The van der Waals surface area contributed by atoms with Crippen molar-refractivity contribution in [3.63, 3.8) is 0 Å². The van der Waals surface area contributed by atoms with E-state index in [0.717, 1.165) is 36.0 Å². The molecule has 4 nitrogen and oxygen atoms in total. The summed E-state index contributed by atoms with van der Waals surface area (Å²) in [5.41, 5.74) is 2.63. The van der Waals surface area contributed by atoms with Gasteiger partial charge < -0.3 is 10.2 Å². The molecule has 33 heavy (non-hydrogen) atoms. The Labute approximate surface area is 201 Å². The highest BCUT2D eigenvalue weighted by Gasteiger charge is 2.31. The molecule has 0 unspecified atom stereocenters. The predicted molar refractivity (Wildman–Crippen MR) is 134 cm³/mol. The van der Waals surface area contributed by atoms with Crippen LogP contribution in [0.25, 0.3) is 0 Å². The summed E-state index contributed by atoms with van der Waals surface area (Å²) < 4.78 is 0. The third-order valence-electron chi connectivity index (χ3n) is 5.54. The van der Waals surface area contributed by atoms with Gasteiger partial charge in [0.25, 0.3) is 0 Å². The predicted octanol–water partition coefficient (Wildman–Crippen LogP) is 5.96. The van der Waals surface area contributed by atoms with Gasteiger partial charge in [-0.3, -0.25) is 9.59 Å². The van der Waals surface area contributed by atoms with Crippen LogP contribution in [0.1, 0.15) is 48.9 Å². The second-order valence-corrected chi connectivity index (χ2v) is 8.56. The lowest BCUT2D eigenvalue weighted by Crippen LogP contribution is -2.44. The highest BCUT2D eigenvalue weighted by atomic mass is 35.5. The van der Waals surface area contributed by atoms with Crippen LogP contribution in [-0.2, 0) is 22.6 Å². The fraction of sp³-hybridized carbons (Fsp3) is 0.286. The summed E-state index contributed by atoms with van der Waals surface area (Å²) in [7, 11) is 0. The Bertz CT molecular complexity index is 1010. The number of nitrogens with one attached hydrogen (secondary N) is 1. The van der Waals surface area contributed by atoms with Gasteiger partial charge in [0.15, 0.2) is 0 Å². The molecule has 3 aromatic carbocycles. The third-order valence-corrected chi connectivity index (χ3v) is 5.79. The molecule has 0 heterocycles. The van der Waals surface area contributed by atoms with Crippen LogP contribution in [0.2, 0.25) is 5.02 Å². The number of benzene rings is 3. The van der Waals surface area contributed by atoms with Gasteiger partial charge in [0.2, 0.25) is 11.8 Å². The topological polar surface area (TPSA) is 49.4 Å². The van der Waals surface area contributed by atoms with Crippen LogP contribution >= 0.6 is 11.6 Å². The highest BCUT2D eigenvalue weighted by Crippen LogP contribution is 2.25. The summed E-state index contributed by atoms with van der Waals surface area (Å²) in [4.78, 5) is 28.7. The Morgan fingerprint density at radius 1 is 0.848 bits per heavy atom. The van der Waals surface area contributed by atoms with Crippen molar-refractivity contribution in [2.45, 2.75) is 45.2 Å². The Kier molecular flexibility index (Phi) is 9.52. The number of carbonyl (C=O) groups is 2. The van der Waals surface area contributed by atoms with Crippen LogP contribution < -0.4 is 5.32 Å². The van der Waals surface area contributed by atoms with E-state index in [1.165, 1.54) is 0 Å². The lowest BCUT2D eigenvalue weighted by molar-refractivity contribution is -0.141. The van der Waals surface area contributed by atoms with Crippen molar-refractivity contribution in [1.29, 1.82) is 0 Å². The van der Waals surface area contributed by atoms with Crippen molar-refractivity contribution in [3.05, 3.63) is 107 Å². The maximum atomic E-state index is 13.6. The monoisotopic (exact) mass is 462 g/mol. The SMILES string of the molecule is CCCCCNC(=O)[C@H](c1ccccc1)N(Cc1ccccc1)C(=O)Cc1ccc(Cl)cc1. The van der Waals surface area contributed by atoms with Gasteiger partial charge in [-0.05, 0) is 35.2 Å². The molecule has 1 N–H and O–H groups in total. The van der Waals surface area contributed by atoms with E-state index < -0.39 is 6.04 Å². The smallest absolute Gasteiger partial charge is 0.247 e. The molecule has 0 saturated heterocycles. The lowest BCUT2D eigenvalue weighted by atomic mass is 10.0. The Balaban J connectivity index is 1.92. The Hall–Kier alpha value is -3.11. The first-order chi connectivity index (χ1) is 16.1. The van der Waals surface area contributed by atoms with Crippen LogP contribution in [0, 0.1) is 0 Å². The molecule has 0 fully saturated rings. The van der Waals surface area contributed by atoms with Crippen molar-refractivity contribution in [3.8, 4) is 0 Å². The zero-order valence-electron chi connectivity index (χ0n) is 19.0. The van der Waals surface area contributed by atoms with E-state index in [4.69, 9.17) is 11.6 Å². The number of amides is 2. The maximum absolute atomic E-state index is 13.6. The van der Waals surface area contributed by atoms with Gasteiger partial charge >= 0.3 is 0 Å². The molecule has 0 aromatic heterocycles. The molecule has 0 saturated carbocycles. The molecular formula is C28H31ClN2O2. The lowest BCUT2D eigenvalue weighted by Gasteiger charge is -2.32. The minimum absolute atomic E-state index is 0.112. The molecule has 172 valence electrons. The minimum Gasteiger partial charge on any atom is -0.354 e. The fourth-order valence-electron chi connectivity index (χ4n) is 3.77. The van der Waals surface area contributed by atoms with Gasteiger partial charge in [-0.2, -0.15) is 0 Å². The van der Waals surface area contributed by atoms with Gasteiger partial charge in [0.05, 0.1) is 6.42 Å². The maximum Gasteiger partial charge on any atom is 0.247 e. The van der Waals surface area contributed by atoms with Gasteiger partial charge in [-0.1, -0.05) is 104 Å². The van der Waals surface area contributed by atoms with Gasteiger partial charge in [-0.15, -0.1) is 0 Å². The molecule has 2 amide bonds. The average molecular weight is 463 g/mol. The number of nitrogens with zero attached hydrogens (tertiary/aromatic N) is 1. The molecule has 0 aliphatic rings. The molecule has 0 radical (unpaired) electrons. The number of halogens is 1. The van der Waals surface area contributed by atoms with Crippen LogP contribution in [0.5, 0.6) is 0 Å². The van der Waals surface area contributed by atoms with E-state index in [9.17, 15) is 9.59 Å². The zero-order chi connectivity index (χ0) is 23.5. The van der Waals surface area contributed by atoms with Crippen LogP contribution in [0.15, 0.2) is 84.9 Å². The number of unbranched alkanes of at least 4 members (excludes halogenated alkanes) is 2. The molecule has 0 aliphatic heterocycles. The first kappa shape index (κ1) is 24.5. The molecule has 0 spiro atoms. The summed E-state index contributed by atoms with van der Waals surface area (Å²) in [6, 6.07) is 25.9. The first-order valence-corrected chi connectivity index (χ1v) is 11.9. The second kappa shape index (κ2) is 12.8. The minimum atomic E-state index is -0.715. The van der Waals surface area contributed by atoms with Crippen molar-refractivity contribution in [2.24, 2.45) is 0 Å². The van der Waals surface area contributed by atoms with Crippen molar-refractivity contribution in [1.82, 2.24) is 10.2 Å². The number of rotatable bonds is 11. The molecular weight excluding hydrogens is 432 g/mol. The van der Waals surface area contributed by atoms with Crippen molar-refractivity contribution < 1.29 is 9.59 Å². The van der Waals surface area contributed by atoms with Crippen molar-refractivity contribution >= 4 is 23.4 Å². The molecule has 3 aromatic rings. The van der Waals surface area contributed by atoms with Crippen LogP contribution in [-0.4, -0.2) is 23.3 Å². The summed E-state index contributed by atoms with van der Waals surface area (Å²) in [6.07, 6.45) is 3.24. The van der Waals surface area contributed by atoms with Gasteiger partial charge in [0.1, 0.15) is 6.04 Å². The van der Waals surface area contributed by atoms with E-state index in [2.05, 4.69) is 12.2 Å². The standard InChI is InChI=1S/C28H31ClN2O2/c1-2-3-10-19-30-28(33)27(24-13-8-5-9-14-24)31(21-23-11-6-4-7-12-23)26(32)20-22-15-17-25(29)18-16-22/h4-9,11-18,27H,2-3,10,19-21H2,1H3,(H,30,33)/t27-/m0/s1. The Morgan fingerprint density at radius 2 is 1.48 bits per heavy atom. The van der Waals surface area contributed by atoms with Crippen LogP contribution in [0.4, 0.5) is 0 Å². The summed E-state index contributed by atoms with van der Waals surface area (Å²) in [6.45, 7) is 3.07. The first-order valence-electron chi connectivity index (χ1n) is 11.5. The second-order valence-electron chi connectivity index (χ2n) is 8.12. The van der Waals surface area contributed by atoms with E-state index in [1.807, 2.05) is 72.8 Å². The van der Waals surface area contributed by atoms with E-state index in [0.29, 0.717) is 18.1 Å². The molecule has 3 rings (SSSR count). The van der Waals surface area contributed by atoms with Gasteiger partial charge in [0, 0.05) is 18.1 Å².